The summed E-state index contributed by atoms with van der Waals surface area (Å²) in [5.74, 6) is -3.13. The number of rotatable bonds is 2. The van der Waals surface area contributed by atoms with Gasteiger partial charge in [0.2, 0.25) is 0 Å². The zero-order valence-corrected chi connectivity index (χ0v) is 24.3. The molecule has 7 atom stereocenters. The van der Waals surface area contributed by atoms with Crippen LogP contribution < -0.4 is 0 Å². The van der Waals surface area contributed by atoms with Gasteiger partial charge in [0.05, 0.1) is 29.5 Å². The Bertz CT molecular complexity index is 1030. The molecule has 0 amide bonds. The van der Waals surface area contributed by atoms with Crippen LogP contribution in [0, 0.1) is 35.5 Å². The number of aliphatic hydroxyl groups is 2. The van der Waals surface area contributed by atoms with Crippen LogP contribution in [0.3, 0.4) is 0 Å². The summed E-state index contributed by atoms with van der Waals surface area (Å²) >= 11 is 0. The van der Waals surface area contributed by atoms with E-state index in [2.05, 4.69) is 4.98 Å². The summed E-state index contributed by atoms with van der Waals surface area (Å²) in [7, 11) is 0. The van der Waals surface area contributed by atoms with Crippen molar-refractivity contribution in [3.8, 4) is 0 Å². The van der Waals surface area contributed by atoms with E-state index < -0.39 is 71.2 Å². The lowest BCUT2D eigenvalue weighted by Gasteiger charge is -2.40. The molecular weight excluding hydrogens is 515 g/mol. The number of carbonyl (C=O) groups excluding carboxylic acids is 2. The summed E-state index contributed by atoms with van der Waals surface area (Å²) in [6.07, 6.45) is -5.44. The quantitative estimate of drug-likeness (QED) is 0.424. The van der Waals surface area contributed by atoms with E-state index in [0.29, 0.717) is 23.6 Å². The molecule has 0 radical (unpaired) electrons. The van der Waals surface area contributed by atoms with Crippen LogP contribution in [0.15, 0.2) is 16.3 Å². The van der Waals surface area contributed by atoms with Gasteiger partial charge in [0.15, 0.2) is 5.89 Å². The largest absolute Gasteiger partial charge is 0.458 e. The van der Waals surface area contributed by atoms with E-state index in [1.165, 1.54) is 40.9 Å². The summed E-state index contributed by atoms with van der Waals surface area (Å²) in [6.45, 7) is 12.3. The van der Waals surface area contributed by atoms with Gasteiger partial charge in [-0.2, -0.15) is 13.2 Å². The van der Waals surface area contributed by atoms with Crippen molar-refractivity contribution in [1.29, 1.82) is 0 Å². The van der Waals surface area contributed by atoms with E-state index in [4.69, 9.17) is 9.15 Å². The molecule has 10 heteroatoms. The first-order chi connectivity index (χ1) is 17.8. The van der Waals surface area contributed by atoms with Gasteiger partial charge in [-0.3, -0.25) is 9.59 Å². The van der Waals surface area contributed by atoms with Crippen molar-refractivity contribution in [3.63, 3.8) is 0 Å². The second-order valence-corrected chi connectivity index (χ2v) is 12.2. The molecular formula is C29H44F3NO6. The van der Waals surface area contributed by atoms with Gasteiger partial charge in [-0.25, -0.2) is 4.98 Å². The van der Waals surface area contributed by atoms with E-state index >= 15 is 0 Å². The van der Waals surface area contributed by atoms with Crippen molar-refractivity contribution in [2.75, 3.05) is 0 Å². The summed E-state index contributed by atoms with van der Waals surface area (Å²) in [6, 6.07) is 0. The predicted molar refractivity (Wildman–Crippen MR) is 140 cm³/mol. The third-order valence-corrected chi connectivity index (χ3v) is 8.79. The number of cyclic esters (lactones) is 1. The number of aliphatic hydroxyl groups excluding tert-OH is 2. The number of ketones is 1. The number of halogens is 3. The second kappa shape index (κ2) is 12.5. The number of nitrogens with zero attached hydrogens (tertiary/aromatic N) is 1. The average Bonchev–Trinajstić information content (AvgIpc) is 3.24. The number of hydrogen-bond donors (Lipinski definition) is 2. The Morgan fingerprint density at radius 3 is 2.31 bits per heavy atom. The molecule has 7 nitrogen and oxygen atoms in total. The average molecular weight is 560 g/mol. The normalized spacial score (nSPS) is 34.5. The van der Waals surface area contributed by atoms with Gasteiger partial charge in [-0.15, -0.1) is 0 Å². The Morgan fingerprint density at radius 1 is 1.15 bits per heavy atom. The predicted octanol–water partition coefficient (Wildman–Crippen LogP) is 6.06. The van der Waals surface area contributed by atoms with Crippen molar-refractivity contribution in [3.05, 3.63) is 23.4 Å². The molecule has 1 fully saturated rings. The van der Waals surface area contributed by atoms with Gasteiger partial charge < -0.3 is 19.4 Å². The molecule has 1 aliphatic heterocycles. The molecule has 2 N–H and O–H groups in total. The molecule has 0 bridgehead atoms. The fourth-order valence-corrected chi connectivity index (χ4v) is 5.33. The molecule has 222 valence electrons. The number of carbonyl (C=O) groups is 2. The van der Waals surface area contributed by atoms with Crippen LogP contribution in [0.25, 0.3) is 6.08 Å². The molecule has 1 aromatic rings. The highest BCUT2D eigenvalue weighted by Crippen LogP contribution is 2.50. The lowest BCUT2D eigenvalue weighted by atomic mass is 9.69. The van der Waals surface area contributed by atoms with Gasteiger partial charge in [0.1, 0.15) is 23.8 Å². The summed E-state index contributed by atoms with van der Waals surface area (Å²) in [4.78, 5) is 30.4. The molecule has 0 aromatic carbocycles. The zero-order valence-electron chi connectivity index (χ0n) is 24.3. The molecule has 2 rings (SSSR count). The molecule has 1 aromatic heterocycles. The molecule has 1 aliphatic rings. The number of Topliss-reactive ketones (excluding diaryl/α,β-unsaturated/α-hetero) is 1. The Hall–Kier alpha value is -2.20. The highest BCUT2D eigenvalue weighted by Gasteiger charge is 2.54. The zero-order chi connectivity index (χ0) is 29.9. The number of aromatic nitrogens is 1. The van der Waals surface area contributed by atoms with E-state index in [1.54, 1.807) is 26.8 Å². The topological polar surface area (TPSA) is 110 Å². The van der Waals surface area contributed by atoms with Crippen molar-refractivity contribution >= 4 is 17.8 Å². The van der Waals surface area contributed by atoms with Crippen LogP contribution in [0.1, 0.15) is 92.2 Å². The maximum atomic E-state index is 14.5. The molecule has 2 unspecified atom stereocenters. The van der Waals surface area contributed by atoms with Gasteiger partial charge in [0, 0.05) is 12.8 Å². The van der Waals surface area contributed by atoms with Crippen LogP contribution in [0.4, 0.5) is 13.2 Å². The van der Waals surface area contributed by atoms with Crippen LogP contribution in [0.2, 0.25) is 0 Å². The van der Waals surface area contributed by atoms with Crippen LogP contribution in [-0.4, -0.2) is 51.4 Å². The Morgan fingerprint density at radius 2 is 1.77 bits per heavy atom. The molecule has 2 heterocycles. The molecule has 0 aliphatic carbocycles. The minimum atomic E-state index is -4.53. The summed E-state index contributed by atoms with van der Waals surface area (Å²) in [5, 5.41) is 21.7. The Labute approximate surface area is 229 Å². The van der Waals surface area contributed by atoms with E-state index in [1.807, 2.05) is 0 Å². The summed E-state index contributed by atoms with van der Waals surface area (Å²) in [5.41, 5.74) is -2.54. The molecule has 0 spiro atoms. The van der Waals surface area contributed by atoms with E-state index in [0.717, 1.165) is 0 Å². The monoisotopic (exact) mass is 559 g/mol. The van der Waals surface area contributed by atoms with Gasteiger partial charge >= 0.3 is 12.1 Å². The number of hydrogen-bond acceptors (Lipinski definition) is 7. The first-order valence-electron chi connectivity index (χ1n) is 13.6. The maximum Gasteiger partial charge on any atom is 0.394 e. The van der Waals surface area contributed by atoms with Gasteiger partial charge in [0.25, 0.3) is 0 Å². The van der Waals surface area contributed by atoms with Crippen molar-refractivity contribution in [1.82, 2.24) is 4.98 Å². The number of aryl methyl sites for hydroxylation is 1. The molecule has 39 heavy (non-hydrogen) atoms. The molecule has 1 saturated heterocycles. The van der Waals surface area contributed by atoms with Crippen LogP contribution in [0.5, 0.6) is 0 Å². The van der Waals surface area contributed by atoms with Gasteiger partial charge in [-0.05, 0) is 49.7 Å². The number of esters is 1. The fourth-order valence-electron chi connectivity index (χ4n) is 5.33. The third kappa shape index (κ3) is 7.72. The number of alkyl halides is 3. The lowest BCUT2D eigenvalue weighted by molar-refractivity contribution is -0.240. The fraction of sp³-hybridized carbons (Fsp3) is 0.759. The van der Waals surface area contributed by atoms with Crippen molar-refractivity contribution in [2.45, 2.75) is 112 Å². The van der Waals surface area contributed by atoms with E-state index in [-0.39, 0.29) is 19.3 Å². The van der Waals surface area contributed by atoms with Crippen LogP contribution >= 0.6 is 0 Å². The Balaban J connectivity index is 2.51. The second-order valence-electron chi connectivity index (χ2n) is 12.2. The summed E-state index contributed by atoms with van der Waals surface area (Å²) < 4.78 is 54.3. The standard InChI is InChI=1S/C29H44F3NO6/c1-16-10-9-11-28(8,29(30,31)32)18(3)13-22(17(2)12-21-15-38-20(5)33-21)39-24(35)14-23(34)27(6,7)26(37)19(4)25(16)36/h12,15-16,18-19,22-23,25,34,36H,9-11,13-14H2,1-8H3/b17-12+/t16-,18?,19+,22-,23-,25-,28?/m0/s1. The first-order valence-corrected chi connectivity index (χ1v) is 13.6. The minimum absolute atomic E-state index is 0.117. The first kappa shape index (κ1) is 33.0. The van der Waals surface area contributed by atoms with Gasteiger partial charge in [-0.1, -0.05) is 48.0 Å². The SMILES string of the molecule is C/C(=C\c1coc(C)n1)[C@@H]1CC(C)C(C)(C(F)(F)F)CCC[C@H](C)[C@H](O)[C@@H](C)C(=O)C(C)(C)[C@@H](O)CC(=O)O1. The van der Waals surface area contributed by atoms with Crippen molar-refractivity contribution < 1.29 is 42.1 Å². The van der Waals surface area contributed by atoms with Crippen LogP contribution in [-0.2, 0) is 14.3 Å². The third-order valence-electron chi connectivity index (χ3n) is 8.79. The van der Waals surface area contributed by atoms with Crippen molar-refractivity contribution in [2.24, 2.45) is 28.6 Å². The highest BCUT2D eigenvalue weighted by atomic mass is 19.4. The number of ether oxygens (including phenoxy) is 1. The highest BCUT2D eigenvalue weighted by molar-refractivity contribution is 5.88. The smallest absolute Gasteiger partial charge is 0.394 e. The minimum Gasteiger partial charge on any atom is -0.458 e. The Kier molecular flexibility index (Phi) is 10.6. The number of oxazole rings is 1. The molecule has 0 saturated carbocycles. The maximum absolute atomic E-state index is 14.5. The van der Waals surface area contributed by atoms with E-state index in [9.17, 15) is 33.0 Å². The lowest BCUT2D eigenvalue weighted by Crippen LogP contribution is -2.46.